The predicted molar refractivity (Wildman–Crippen MR) is 62.4 cm³/mol. The molecule has 88 valence electrons. The zero-order valence-corrected chi connectivity index (χ0v) is 10.4. The van der Waals surface area contributed by atoms with Gasteiger partial charge in [0.25, 0.3) is 0 Å². The molecule has 0 aromatic carbocycles. The normalized spacial score (nSPS) is 30.3. The molecule has 0 aliphatic carbocycles. The van der Waals surface area contributed by atoms with Gasteiger partial charge in [-0.15, -0.1) is 0 Å². The summed E-state index contributed by atoms with van der Waals surface area (Å²) in [4.78, 5) is 14.3. The van der Waals surface area contributed by atoms with Crippen molar-refractivity contribution in [2.45, 2.75) is 65.1 Å². The highest BCUT2D eigenvalue weighted by molar-refractivity contribution is 5.80. The molecule has 0 saturated carbocycles. The highest BCUT2D eigenvalue weighted by atomic mass is 16.2. The van der Waals surface area contributed by atoms with Crippen molar-refractivity contribution in [2.24, 2.45) is 11.7 Å². The van der Waals surface area contributed by atoms with Gasteiger partial charge in [0, 0.05) is 18.1 Å². The van der Waals surface area contributed by atoms with Gasteiger partial charge in [-0.3, -0.25) is 4.79 Å². The molecule has 1 aliphatic rings. The molecule has 0 aromatic rings. The van der Waals surface area contributed by atoms with Crippen molar-refractivity contribution in [3.63, 3.8) is 0 Å². The Balaban J connectivity index is 2.72. The summed E-state index contributed by atoms with van der Waals surface area (Å²) in [5.74, 6) is 0.182. The Hall–Kier alpha value is -0.570. The Morgan fingerprint density at radius 2 is 2.07 bits per heavy atom. The number of likely N-dealkylation sites (tertiary alicyclic amines) is 1. The van der Waals surface area contributed by atoms with E-state index in [4.69, 9.17) is 5.73 Å². The molecule has 2 N–H and O–H groups in total. The van der Waals surface area contributed by atoms with E-state index in [2.05, 4.69) is 18.7 Å². The molecular weight excluding hydrogens is 188 g/mol. The third kappa shape index (κ3) is 2.51. The Morgan fingerprint density at radius 1 is 1.47 bits per heavy atom. The van der Waals surface area contributed by atoms with Crippen molar-refractivity contribution < 1.29 is 4.79 Å². The first kappa shape index (κ1) is 12.5. The van der Waals surface area contributed by atoms with Crippen LogP contribution in [0.25, 0.3) is 0 Å². The standard InChI is InChI=1S/C12H24N2O/c1-5-11-7-6-8(2)14(11)12(15)9(3)10(4)13/h8-11H,5-7,13H2,1-4H3. The van der Waals surface area contributed by atoms with Gasteiger partial charge < -0.3 is 10.6 Å². The van der Waals surface area contributed by atoms with E-state index in [1.165, 1.54) is 0 Å². The first-order valence-electron chi connectivity index (χ1n) is 6.06. The summed E-state index contributed by atoms with van der Waals surface area (Å²) in [5.41, 5.74) is 5.79. The molecule has 1 fully saturated rings. The number of nitrogens with zero attached hydrogens (tertiary/aromatic N) is 1. The summed E-state index contributed by atoms with van der Waals surface area (Å²) in [6, 6.07) is 0.778. The largest absolute Gasteiger partial charge is 0.337 e. The second kappa shape index (κ2) is 4.97. The number of carbonyl (C=O) groups excluding carboxylic acids is 1. The average molecular weight is 212 g/mol. The second-order valence-electron chi connectivity index (χ2n) is 4.88. The Labute approximate surface area is 93.0 Å². The van der Waals surface area contributed by atoms with Gasteiger partial charge in [-0.2, -0.15) is 0 Å². The minimum absolute atomic E-state index is 0.0530. The lowest BCUT2D eigenvalue weighted by Crippen LogP contribution is -2.46. The van der Waals surface area contributed by atoms with Crippen molar-refractivity contribution in [3.05, 3.63) is 0 Å². The van der Waals surface area contributed by atoms with Crippen LogP contribution in [-0.4, -0.2) is 28.9 Å². The first-order chi connectivity index (χ1) is 6.99. The zero-order valence-electron chi connectivity index (χ0n) is 10.4. The quantitative estimate of drug-likeness (QED) is 0.775. The van der Waals surface area contributed by atoms with Gasteiger partial charge in [0.1, 0.15) is 0 Å². The molecule has 1 aliphatic heterocycles. The smallest absolute Gasteiger partial charge is 0.227 e. The molecular formula is C12H24N2O. The fourth-order valence-electron chi connectivity index (χ4n) is 2.33. The molecule has 0 radical (unpaired) electrons. The maximum Gasteiger partial charge on any atom is 0.227 e. The van der Waals surface area contributed by atoms with Crippen LogP contribution in [0.15, 0.2) is 0 Å². The molecule has 0 spiro atoms. The monoisotopic (exact) mass is 212 g/mol. The van der Waals surface area contributed by atoms with Gasteiger partial charge in [-0.25, -0.2) is 0 Å². The van der Waals surface area contributed by atoms with Crippen molar-refractivity contribution in [3.8, 4) is 0 Å². The topological polar surface area (TPSA) is 46.3 Å². The van der Waals surface area contributed by atoms with Gasteiger partial charge in [0.05, 0.1) is 5.92 Å². The minimum Gasteiger partial charge on any atom is -0.337 e. The van der Waals surface area contributed by atoms with E-state index < -0.39 is 0 Å². The van der Waals surface area contributed by atoms with Gasteiger partial charge >= 0.3 is 0 Å². The van der Waals surface area contributed by atoms with E-state index in [9.17, 15) is 4.79 Å². The summed E-state index contributed by atoms with van der Waals surface area (Å²) < 4.78 is 0. The fraction of sp³-hybridized carbons (Fsp3) is 0.917. The van der Waals surface area contributed by atoms with E-state index in [0.717, 1.165) is 19.3 Å². The number of rotatable bonds is 3. The SMILES string of the molecule is CCC1CCC(C)N1C(=O)C(C)C(C)N. The summed E-state index contributed by atoms with van der Waals surface area (Å²) >= 11 is 0. The van der Waals surface area contributed by atoms with Crippen LogP contribution in [0.1, 0.15) is 47.0 Å². The lowest BCUT2D eigenvalue weighted by Gasteiger charge is -2.31. The summed E-state index contributed by atoms with van der Waals surface area (Å²) in [6.45, 7) is 8.13. The molecule has 1 saturated heterocycles. The van der Waals surface area contributed by atoms with Gasteiger partial charge in [0.2, 0.25) is 5.91 Å². The highest BCUT2D eigenvalue weighted by Crippen LogP contribution is 2.27. The number of hydrogen-bond acceptors (Lipinski definition) is 2. The van der Waals surface area contributed by atoms with Crippen molar-refractivity contribution >= 4 is 5.91 Å². The Bertz CT molecular complexity index is 228. The minimum atomic E-state index is -0.0559. The van der Waals surface area contributed by atoms with Crippen LogP contribution < -0.4 is 5.73 Å². The van der Waals surface area contributed by atoms with E-state index in [0.29, 0.717) is 12.1 Å². The van der Waals surface area contributed by atoms with Gasteiger partial charge in [0.15, 0.2) is 0 Å². The number of carbonyl (C=O) groups is 1. The third-order valence-electron chi connectivity index (χ3n) is 3.69. The Morgan fingerprint density at radius 3 is 2.53 bits per heavy atom. The predicted octanol–water partition coefficient (Wildman–Crippen LogP) is 1.76. The van der Waals surface area contributed by atoms with E-state index >= 15 is 0 Å². The van der Waals surface area contributed by atoms with E-state index in [-0.39, 0.29) is 17.9 Å². The third-order valence-corrected chi connectivity index (χ3v) is 3.69. The first-order valence-corrected chi connectivity index (χ1v) is 6.06. The lowest BCUT2D eigenvalue weighted by atomic mass is 10.0. The summed E-state index contributed by atoms with van der Waals surface area (Å²) in [6.07, 6.45) is 3.34. The fourth-order valence-corrected chi connectivity index (χ4v) is 2.33. The Kier molecular flexibility index (Phi) is 4.14. The van der Waals surface area contributed by atoms with Crippen molar-refractivity contribution in [1.29, 1.82) is 0 Å². The molecule has 1 rings (SSSR count). The number of amides is 1. The van der Waals surface area contributed by atoms with Gasteiger partial charge in [-0.1, -0.05) is 13.8 Å². The molecule has 1 heterocycles. The summed E-state index contributed by atoms with van der Waals surface area (Å²) in [7, 11) is 0. The second-order valence-corrected chi connectivity index (χ2v) is 4.88. The number of nitrogens with two attached hydrogens (primary N) is 1. The molecule has 3 heteroatoms. The molecule has 0 bridgehead atoms. The van der Waals surface area contributed by atoms with E-state index in [1.807, 2.05) is 13.8 Å². The van der Waals surface area contributed by atoms with Gasteiger partial charge in [-0.05, 0) is 33.1 Å². The van der Waals surface area contributed by atoms with Crippen LogP contribution in [0.5, 0.6) is 0 Å². The molecule has 15 heavy (non-hydrogen) atoms. The summed E-state index contributed by atoms with van der Waals surface area (Å²) in [5, 5.41) is 0. The van der Waals surface area contributed by atoms with Crippen LogP contribution >= 0.6 is 0 Å². The highest BCUT2D eigenvalue weighted by Gasteiger charge is 2.35. The maximum absolute atomic E-state index is 12.2. The molecule has 4 unspecified atom stereocenters. The average Bonchev–Trinajstić information content (AvgIpc) is 2.57. The van der Waals surface area contributed by atoms with Crippen LogP contribution in [0.3, 0.4) is 0 Å². The van der Waals surface area contributed by atoms with Crippen LogP contribution in [0.2, 0.25) is 0 Å². The molecule has 1 amide bonds. The zero-order chi connectivity index (χ0) is 11.6. The maximum atomic E-state index is 12.2. The van der Waals surface area contributed by atoms with E-state index in [1.54, 1.807) is 0 Å². The number of hydrogen-bond donors (Lipinski definition) is 1. The van der Waals surface area contributed by atoms with Crippen LogP contribution in [-0.2, 0) is 4.79 Å². The van der Waals surface area contributed by atoms with Crippen LogP contribution in [0.4, 0.5) is 0 Å². The van der Waals surface area contributed by atoms with Crippen molar-refractivity contribution in [2.75, 3.05) is 0 Å². The van der Waals surface area contributed by atoms with Crippen molar-refractivity contribution in [1.82, 2.24) is 4.90 Å². The molecule has 4 atom stereocenters. The molecule has 0 aromatic heterocycles. The van der Waals surface area contributed by atoms with Crippen LogP contribution in [0, 0.1) is 5.92 Å². The lowest BCUT2D eigenvalue weighted by molar-refractivity contribution is -0.138. The molecule has 3 nitrogen and oxygen atoms in total.